The number of nitrogens with one attached hydrogen (secondary N) is 1. The molecule has 2 nitrogen and oxygen atoms in total. The Labute approximate surface area is 110 Å². The van der Waals surface area contributed by atoms with Gasteiger partial charge in [0.1, 0.15) is 0 Å². The molecule has 0 fully saturated rings. The fourth-order valence-corrected chi connectivity index (χ4v) is 2.66. The first-order valence-electron chi connectivity index (χ1n) is 5.44. The van der Waals surface area contributed by atoms with Crippen LogP contribution in [0.15, 0.2) is 27.6 Å². The molecule has 0 amide bonds. The molecule has 1 aromatic rings. The van der Waals surface area contributed by atoms with E-state index in [1.165, 1.54) is 10.5 Å². The maximum absolute atomic E-state index is 9.07. The van der Waals surface area contributed by atoms with E-state index in [1.54, 1.807) is 11.8 Å². The predicted octanol–water partition coefficient (Wildman–Crippen LogP) is 3.03. The summed E-state index contributed by atoms with van der Waals surface area (Å²) in [5.41, 5.74) is 1.28. The van der Waals surface area contributed by atoms with Crippen molar-refractivity contribution >= 4 is 27.7 Å². The average Bonchev–Trinajstić information content (AvgIpc) is 2.29. The number of benzene rings is 1. The van der Waals surface area contributed by atoms with Gasteiger partial charge >= 0.3 is 0 Å². The summed E-state index contributed by atoms with van der Waals surface area (Å²) in [6.07, 6.45) is 0. The topological polar surface area (TPSA) is 32.3 Å². The lowest BCUT2D eigenvalue weighted by atomic mass is 10.2. The summed E-state index contributed by atoms with van der Waals surface area (Å²) >= 11 is 5.20. The maximum atomic E-state index is 9.07. The number of hydrogen-bond acceptors (Lipinski definition) is 3. The molecule has 0 aliphatic heterocycles. The Kier molecular flexibility index (Phi) is 6.43. The van der Waals surface area contributed by atoms with Gasteiger partial charge in [-0.25, -0.2) is 0 Å². The monoisotopic (exact) mass is 303 g/mol. The van der Waals surface area contributed by atoms with E-state index in [9.17, 15) is 0 Å². The molecule has 1 atom stereocenters. The van der Waals surface area contributed by atoms with Crippen molar-refractivity contribution in [3.8, 4) is 0 Å². The van der Waals surface area contributed by atoms with Crippen LogP contribution in [-0.2, 0) is 6.54 Å². The second-order valence-electron chi connectivity index (χ2n) is 3.64. The summed E-state index contributed by atoms with van der Waals surface area (Å²) in [6, 6.07) is 6.28. The molecule has 0 bridgehead atoms. The van der Waals surface area contributed by atoms with Crippen LogP contribution >= 0.6 is 27.7 Å². The largest absolute Gasteiger partial charge is 0.395 e. The normalized spacial score (nSPS) is 12.8. The molecule has 0 aliphatic rings. The summed E-state index contributed by atoms with van der Waals surface area (Å²) in [6.45, 7) is 6.18. The van der Waals surface area contributed by atoms with Crippen molar-refractivity contribution in [1.29, 1.82) is 0 Å². The van der Waals surface area contributed by atoms with Gasteiger partial charge in [-0.05, 0) is 30.3 Å². The van der Waals surface area contributed by atoms with Crippen LogP contribution in [0.4, 0.5) is 0 Å². The van der Waals surface area contributed by atoms with Crippen LogP contribution in [0.1, 0.15) is 19.4 Å². The highest BCUT2D eigenvalue weighted by Gasteiger charge is 2.08. The first kappa shape index (κ1) is 14.0. The Bertz CT molecular complexity index is 333. The summed E-state index contributed by atoms with van der Waals surface area (Å²) in [4.78, 5) is 1.24. The van der Waals surface area contributed by atoms with E-state index >= 15 is 0 Å². The number of halogens is 1. The van der Waals surface area contributed by atoms with Gasteiger partial charge < -0.3 is 10.4 Å². The Hall–Kier alpha value is -0.0300. The fourth-order valence-electron chi connectivity index (χ4n) is 1.31. The van der Waals surface area contributed by atoms with E-state index in [2.05, 4.69) is 40.3 Å². The average molecular weight is 304 g/mol. The second kappa shape index (κ2) is 7.33. The number of rotatable bonds is 6. The molecule has 0 saturated heterocycles. The third kappa shape index (κ3) is 4.45. The zero-order valence-electron chi connectivity index (χ0n) is 9.66. The number of thioether (sulfide) groups is 1. The van der Waals surface area contributed by atoms with E-state index in [1.807, 2.05) is 13.0 Å². The maximum Gasteiger partial charge on any atom is 0.0550 e. The van der Waals surface area contributed by atoms with Crippen LogP contribution in [0, 0.1) is 0 Å². The third-order valence-electron chi connectivity index (χ3n) is 2.17. The predicted molar refractivity (Wildman–Crippen MR) is 73.9 cm³/mol. The second-order valence-corrected chi connectivity index (χ2v) is 6.04. The zero-order chi connectivity index (χ0) is 12.0. The van der Waals surface area contributed by atoms with Gasteiger partial charge in [0.05, 0.1) is 6.61 Å². The van der Waals surface area contributed by atoms with E-state index in [0.29, 0.717) is 0 Å². The van der Waals surface area contributed by atoms with E-state index in [-0.39, 0.29) is 11.9 Å². The number of aliphatic hydroxyl groups is 1. The third-order valence-corrected chi connectivity index (χ3v) is 3.87. The lowest BCUT2D eigenvalue weighted by Crippen LogP contribution is -2.13. The molecule has 0 aromatic heterocycles. The number of hydrogen-bond donors (Lipinski definition) is 2. The van der Waals surface area contributed by atoms with Gasteiger partial charge in [-0.2, -0.15) is 0 Å². The van der Waals surface area contributed by atoms with Gasteiger partial charge in [0.25, 0.3) is 0 Å². The van der Waals surface area contributed by atoms with Crippen LogP contribution in [0.5, 0.6) is 0 Å². The quantitative estimate of drug-likeness (QED) is 0.792. The minimum absolute atomic E-state index is 0.210. The zero-order valence-corrected chi connectivity index (χ0v) is 12.1. The molecule has 4 heteroatoms. The van der Waals surface area contributed by atoms with Crippen LogP contribution in [0.25, 0.3) is 0 Å². The lowest BCUT2D eigenvalue weighted by molar-refractivity contribution is 0.300. The Morgan fingerprint density at radius 3 is 2.88 bits per heavy atom. The first-order valence-corrected chi connectivity index (χ1v) is 7.11. The molecule has 0 radical (unpaired) electrons. The van der Waals surface area contributed by atoms with Crippen molar-refractivity contribution in [3.63, 3.8) is 0 Å². The Balaban J connectivity index is 2.80. The van der Waals surface area contributed by atoms with Crippen LogP contribution in [-0.4, -0.2) is 23.5 Å². The molecule has 90 valence electrons. The molecule has 2 N–H and O–H groups in total. The van der Waals surface area contributed by atoms with Crippen LogP contribution in [0.3, 0.4) is 0 Å². The Morgan fingerprint density at radius 2 is 2.25 bits per heavy atom. The molecule has 16 heavy (non-hydrogen) atoms. The smallest absolute Gasteiger partial charge is 0.0550 e. The molecule has 1 aromatic carbocycles. The minimum Gasteiger partial charge on any atom is -0.395 e. The number of aliphatic hydroxyl groups excluding tert-OH is 1. The summed E-state index contributed by atoms with van der Waals surface area (Å²) in [7, 11) is 0. The molecule has 0 saturated carbocycles. The molecule has 1 unspecified atom stereocenters. The molecule has 1 rings (SSSR count). The molecular weight excluding hydrogens is 286 g/mol. The van der Waals surface area contributed by atoms with E-state index < -0.39 is 0 Å². The summed E-state index contributed by atoms with van der Waals surface area (Å²) < 4.78 is 1.10. The van der Waals surface area contributed by atoms with E-state index in [0.717, 1.165) is 17.6 Å². The lowest BCUT2D eigenvalue weighted by Gasteiger charge is -2.13. The van der Waals surface area contributed by atoms with Gasteiger partial charge in [0.2, 0.25) is 0 Å². The van der Waals surface area contributed by atoms with Crippen molar-refractivity contribution in [2.75, 3.05) is 13.2 Å². The highest BCUT2D eigenvalue weighted by Crippen LogP contribution is 2.29. The van der Waals surface area contributed by atoms with Gasteiger partial charge in [-0.15, -0.1) is 11.8 Å². The SMILES string of the molecule is CCNCc1cc(Br)ccc1SC(C)CO. The van der Waals surface area contributed by atoms with Gasteiger partial charge in [0.15, 0.2) is 0 Å². The molecule has 0 aliphatic carbocycles. The fraction of sp³-hybridized carbons (Fsp3) is 0.500. The molecule has 0 spiro atoms. The summed E-state index contributed by atoms with van der Waals surface area (Å²) in [5, 5.41) is 12.6. The highest BCUT2D eigenvalue weighted by molar-refractivity contribution is 9.10. The molecular formula is C12H18BrNOS. The van der Waals surface area contributed by atoms with Crippen LogP contribution in [0.2, 0.25) is 0 Å². The highest BCUT2D eigenvalue weighted by atomic mass is 79.9. The summed E-state index contributed by atoms with van der Waals surface area (Å²) in [5.74, 6) is 0. The van der Waals surface area contributed by atoms with E-state index in [4.69, 9.17) is 5.11 Å². The van der Waals surface area contributed by atoms with Gasteiger partial charge in [0, 0.05) is 21.2 Å². The van der Waals surface area contributed by atoms with Crippen molar-refractivity contribution in [1.82, 2.24) is 5.32 Å². The minimum atomic E-state index is 0.210. The van der Waals surface area contributed by atoms with Crippen molar-refractivity contribution in [3.05, 3.63) is 28.2 Å². The van der Waals surface area contributed by atoms with Gasteiger partial charge in [-0.3, -0.25) is 0 Å². The van der Waals surface area contributed by atoms with Crippen LogP contribution < -0.4 is 5.32 Å². The van der Waals surface area contributed by atoms with Crippen molar-refractivity contribution in [2.45, 2.75) is 30.5 Å². The van der Waals surface area contributed by atoms with Gasteiger partial charge in [-0.1, -0.05) is 29.8 Å². The standard InChI is InChI=1S/C12H18BrNOS/c1-3-14-7-10-6-11(13)4-5-12(10)16-9(2)8-15/h4-6,9,14-15H,3,7-8H2,1-2H3. The first-order chi connectivity index (χ1) is 7.67. The molecule has 0 heterocycles. The Morgan fingerprint density at radius 1 is 1.50 bits per heavy atom. The van der Waals surface area contributed by atoms with Crippen molar-refractivity contribution < 1.29 is 5.11 Å². The van der Waals surface area contributed by atoms with Crippen molar-refractivity contribution in [2.24, 2.45) is 0 Å².